The minimum Gasteiger partial charge on any atom is -0.383 e. The first-order valence-corrected chi connectivity index (χ1v) is 8.03. The van der Waals surface area contributed by atoms with E-state index in [0.29, 0.717) is 48.6 Å². The molecule has 1 aliphatic heterocycles. The Morgan fingerprint density at radius 2 is 2.04 bits per heavy atom. The molecule has 1 aromatic carbocycles. The molecule has 2 amide bonds. The summed E-state index contributed by atoms with van der Waals surface area (Å²) in [6, 6.07) is 7.43. The van der Waals surface area contributed by atoms with Gasteiger partial charge in [-0.3, -0.25) is 19.5 Å². The number of aromatic nitrogens is 1. The van der Waals surface area contributed by atoms with Crippen molar-refractivity contribution >= 4 is 40.0 Å². The van der Waals surface area contributed by atoms with Crippen LogP contribution in [0.5, 0.6) is 0 Å². The lowest BCUT2D eigenvalue weighted by Gasteiger charge is -2.15. The zero-order valence-electron chi connectivity index (χ0n) is 12.9. The molecule has 2 aromatic rings. The van der Waals surface area contributed by atoms with Gasteiger partial charge in [-0.1, -0.05) is 11.6 Å². The number of hydrogen-bond acceptors (Lipinski definition) is 5. The highest BCUT2D eigenvalue weighted by Crippen LogP contribution is 2.28. The van der Waals surface area contributed by atoms with E-state index in [0.717, 1.165) is 10.9 Å². The van der Waals surface area contributed by atoms with Crippen LogP contribution in [0.1, 0.15) is 24.8 Å². The topological polar surface area (TPSA) is 86.1 Å². The Balaban J connectivity index is 1.72. The van der Waals surface area contributed by atoms with E-state index in [1.165, 1.54) is 11.1 Å². The van der Waals surface area contributed by atoms with Crippen molar-refractivity contribution in [3.63, 3.8) is 0 Å². The highest BCUT2D eigenvalue weighted by molar-refractivity contribution is 6.31. The van der Waals surface area contributed by atoms with Gasteiger partial charge in [0.05, 0.1) is 16.8 Å². The average Bonchev–Trinajstić information content (AvgIpc) is 2.90. The van der Waals surface area contributed by atoms with Gasteiger partial charge in [0, 0.05) is 42.5 Å². The standard InChI is InChI=1S/C17H15ClN4O2/c18-12-2-3-14-13(8-12)17(11(9-19)10-21-14)20-6-1-7-22-15(23)4-5-16(22)24/h2-3,8,10H,1,4-7H2,(H,20,21). The molecule has 0 aliphatic carbocycles. The lowest BCUT2D eigenvalue weighted by molar-refractivity contribution is -0.138. The second kappa shape index (κ2) is 6.85. The molecule has 0 saturated carbocycles. The summed E-state index contributed by atoms with van der Waals surface area (Å²) in [7, 11) is 0. The van der Waals surface area contributed by atoms with Gasteiger partial charge in [0.1, 0.15) is 6.07 Å². The number of nitrogens with one attached hydrogen (secondary N) is 1. The van der Waals surface area contributed by atoms with Gasteiger partial charge in [0.25, 0.3) is 0 Å². The van der Waals surface area contributed by atoms with Gasteiger partial charge < -0.3 is 5.32 Å². The number of anilines is 1. The number of hydrogen-bond donors (Lipinski definition) is 1. The molecular formula is C17H15ClN4O2. The number of carbonyl (C=O) groups excluding carboxylic acids is 2. The molecule has 1 N–H and O–H groups in total. The van der Waals surface area contributed by atoms with Crippen LogP contribution in [-0.2, 0) is 9.59 Å². The van der Waals surface area contributed by atoms with Crippen LogP contribution in [0.25, 0.3) is 10.9 Å². The molecule has 0 radical (unpaired) electrons. The summed E-state index contributed by atoms with van der Waals surface area (Å²) in [5.41, 5.74) is 1.84. The molecule has 1 fully saturated rings. The minimum absolute atomic E-state index is 0.112. The van der Waals surface area contributed by atoms with E-state index in [1.807, 2.05) is 0 Å². The zero-order valence-corrected chi connectivity index (χ0v) is 13.6. The lowest BCUT2D eigenvalue weighted by atomic mass is 10.1. The third kappa shape index (κ3) is 3.17. The van der Waals surface area contributed by atoms with Crippen LogP contribution >= 0.6 is 11.6 Å². The van der Waals surface area contributed by atoms with Crippen molar-refractivity contribution in [3.05, 3.63) is 35.0 Å². The molecule has 6 nitrogen and oxygen atoms in total. The van der Waals surface area contributed by atoms with E-state index >= 15 is 0 Å². The number of likely N-dealkylation sites (tertiary alicyclic amines) is 1. The second-order valence-electron chi connectivity index (χ2n) is 5.54. The number of halogens is 1. The van der Waals surface area contributed by atoms with E-state index in [2.05, 4.69) is 16.4 Å². The summed E-state index contributed by atoms with van der Waals surface area (Å²) in [5, 5.41) is 13.8. The number of nitriles is 1. The van der Waals surface area contributed by atoms with E-state index in [-0.39, 0.29) is 11.8 Å². The third-order valence-electron chi connectivity index (χ3n) is 3.97. The number of nitrogens with zero attached hydrogens (tertiary/aromatic N) is 3. The van der Waals surface area contributed by atoms with Crippen molar-refractivity contribution in [1.82, 2.24) is 9.88 Å². The molecule has 7 heteroatoms. The lowest BCUT2D eigenvalue weighted by Crippen LogP contribution is -2.31. The molecule has 2 heterocycles. The molecule has 1 saturated heterocycles. The summed E-state index contributed by atoms with van der Waals surface area (Å²) in [6.07, 6.45) is 2.73. The average molecular weight is 343 g/mol. The van der Waals surface area contributed by atoms with Crippen LogP contribution in [0.2, 0.25) is 5.02 Å². The van der Waals surface area contributed by atoms with Gasteiger partial charge in [0.2, 0.25) is 11.8 Å². The summed E-state index contributed by atoms with van der Waals surface area (Å²) in [5.74, 6) is -0.224. The fourth-order valence-electron chi connectivity index (χ4n) is 2.76. The third-order valence-corrected chi connectivity index (χ3v) is 4.20. The molecule has 0 bridgehead atoms. The van der Waals surface area contributed by atoms with Crippen molar-refractivity contribution < 1.29 is 9.59 Å². The molecule has 24 heavy (non-hydrogen) atoms. The first kappa shape index (κ1) is 16.2. The predicted molar refractivity (Wildman–Crippen MR) is 90.5 cm³/mol. The summed E-state index contributed by atoms with van der Waals surface area (Å²) >= 11 is 6.05. The molecular weight excluding hydrogens is 328 g/mol. The second-order valence-corrected chi connectivity index (χ2v) is 5.98. The number of benzene rings is 1. The van der Waals surface area contributed by atoms with Crippen LogP contribution in [-0.4, -0.2) is 34.8 Å². The van der Waals surface area contributed by atoms with Crippen LogP contribution in [0.3, 0.4) is 0 Å². The number of rotatable bonds is 5. The Kier molecular flexibility index (Phi) is 4.63. The Morgan fingerprint density at radius 3 is 2.75 bits per heavy atom. The van der Waals surface area contributed by atoms with Crippen LogP contribution in [0.15, 0.2) is 24.4 Å². The molecule has 1 aromatic heterocycles. The first-order valence-electron chi connectivity index (χ1n) is 7.65. The molecule has 0 spiro atoms. The summed E-state index contributed by atoms with van der Waals surface area (Å²) < 4.78 is 0. The van der Waals surface area contributed by atoms with Crippen molar-refractivity contribution in [1.29, 1.82) is 5.26 Å². The number of imide groups is 1. The Morgan fingerprint density at radius 1 is 1.29 bits per heavy atom. The van der Waals surface area contributed by atoms with Crippen LogP contribution in [0.4, 0.5) is 5.69 Å². The number of amides is 2. The van der Waals surface area contributed by atoms with E-state index < -0.39 is 0 Å². The maximum atomic E-state index is 11.6. The highest BCUT2D eigenvalue weighted by Gasteiger charge is 2.27. The molecule has 3 rings (SSSR count). The number of fused-ring (bicyclic) bond motifs is 1. The molecule has 0 unspecified atom stereocenters. The van der Waals surface area contributed by atoms with Gasteiger partial charge in [-0.15, -0.1) is 0 Å². The van der Waals surface area contributed by atoms with E-state index in [1.54, 1.807) is 18.2 Å². The maximum absolute atomic E-state index is 11.6. The minimum atomic E-state index is -0.112. The molecule has 122 valence electrons. The Hall–Kier alpha value is -2.65. The molecule has 0 atom stereocenters. The fourth-order valence-corrected chi connectivity index (χ4v) is 2.93. The summed E-state index contributed by atoms with van der Waals surface area (Å²) in [4.78, 5) is 28.7. The Labute approximate surface area is 144 Å². The Bertz CT molecular complexity index is 844. The number of carbonyl (C=O) groups is 2. The highest BCUT2D eigenvalue weighted by atomic mass is 35.5. The fraction of sp³-hybridized carbons (Fsp3) is 0.294. The van der Waals surface area contributed by atoms with Crippen LogP contribution in [0, 0.1) is 11.3 Å². The molecule has 1 aliphatic rings. The van der Waals surface area contributed by atoms with Crippen molar-refractivity contribution in [2.24, 2.45) is 0 Å². The quantitative estimate of drug-likeness (QED) is 0.667. The number of pyridine rings is 1. The van der Waals surface area contributed by atoms with Gasteiger partial charge >= 0.3 is 0 Å². The van der Waals surface area contributed by atoms with Gasteiger partial charge in [-0.25, -0.2) is 0 Å². The van der Waals surface area contributed by atoms with Gasteiger partial charge in [0.15, 0.2) is 0 Å². The SMILES string of the molecule is N#Cc1cnc2ccc(Cl)cc2c1NCCCN1C(=O)CCC1=O. The monoisotopic (exact) mass is 342 g/mol. The first-order chi connectivity index (χ1) is 11.6. The van der Waals surface area contributed by atoms with Crippen molar-refractivity contribution in [3.8, 4) is 6.07 Å². The zero-order chi connectivity index (χ0) is 17.1. The van der Waals surface area contributed by atoms with Crippen LogP contribution < -0.4 is 5.32 Å². The van der Waals surface area contributed by atoms with E-state index in [4.69, 9.17) is 11.6 Å². The predicted octanol–water partition coefficient (Wildman–Crippen LogP) is 2.71. The van der Waals surface area contributed by atoms with Gasteiger partial charge in [-0.05, 0) is 24.6 Å². The largest absolute Gasteiger partial charge is 0.383 e. The summed E-state index contributed by atoms with van der Waals surface area (Å²) in [6.45, 7) is 0.910. The van der Waals surface area contributed by atoms with Crippen molar-refractivity contribution in [2.45, 2.75) is 19.3 Å². The van der Waals surface area contributed by atoms with Crippen molar-refractivity contribution in [2.75, 3.05) is 18.4 Å². The normalized spacial score (nSPS) is 14.2. The van der Waals surface area contributed by atoms with E-state index in [9.17, 15) is 14.9 Å². The van der Waals surface area contributed by atoms with Gasteiger partial charge in [-0.2, -0.15) is 5.26 Å². The maximum Gasteiger partial charge on any atom is 0.229 e. The smallest absolute Gasteiger partial charge is 0.229 e.